The third-order valence-electron chi connectivity index (χ3n) is 3.77. The lowest BCUT2D eigenvalue weighted by atomic mass is 9.90. The van der Waals surface area contributed by atoms with Crippen molar-refractivity contribution in [2.24, 2.45) is 11.8 Å². The van der Waals surface area contributed by atoms with Crippen LogP contribution >= 0.6 is 0 Å². The molecule has 1 aliphatic rings. The first-order chi connectivity index (χ1) is 8.75. The Balaban J connectivity index is 1.70. The van der Waals surface area contributed by atoms with Gasteiger partial charge in [-0.3, -0.25) is 0 Å². The molecule has 0 aliphatic carbocycles. The van der Waals surface area contributed by atoms with E-state index in [0.717, 1.165) is 25.6 Å². The van der Waals surface area contributed by atoms with E-state index in [1.807, 2.05) is 0 Å². The summed E-state index contributed by atoms with van der Waals surface area (Å²) in [5.41, 5.74) is 1.37. The van der Waals surface area contributed by atoms with Gasteiger partial charge in [0.2, 0.25) is 0 Å². The second-order valence-electron chi connectivity index (χ2n) is 5.66. The maximum Gasteiger partial charge on any atom is 0.0601 e. The molecule has 2 rings (SSSR count). The summed E-state index contributed by atoms with van der Waals surface area (Å²) >= 11 is 0. The molecule has 0 saturated carbocycles. The standard InChI is InChI=1S/C16H25NO/c1-13(2)16-10-15(8-9-18-16)12-17-11-14-6-4-3-5-7-14/h3-7,13,15-17H,8-12H2,1-2H3/t15-,16-/m1/s1. The normalized spacial score (nSPS) is 24.4. The molecule has 2 nitrogen and oxygen atoms in total. The van der Waals surface area contributed by atoms with Crippen LogP contribution in [0.3, 0.4) is 0 Å². The fraction of sp³-hybridized carbons (Fsp3) is 0.625. The van der Waals surface area contributed by atoms with Gasteiger partial charge in [0.05, 0.1) is 6.10 Å². The molecule has 1 aliphatic heterocycles. The first-order valence-electron chi connectivity index (χ1n) is 7.12. The van der Waals surface area contributed by atoms with Crippen molar-refractivity contribution in [3.8, 4) is 0 Å². The average molecular weight is 247 g/mol. The van der Waals surface area contributed by atoms with Gasteiger partial charge in [-0.15, -0.1) is 0 Å². The van der Waals surface area contributed by atoms with Gasteiger partial charge in [-0.1, -0.05) is 44.2 Å². The minimum atomic E-state index is 0.460. The fourth-order valence-corrected chi connectivity index (χ4v) is 2.57. The Morgan fingerprint density at radius 3 is 2.78 bits per heavy atom. The zero-order valence-electron chi connectivity index (χ0n) is 11.6. The van der Waals surface area contributed by atoms with E-state index in [9.17, 15) is 0 Å². The molecule has 1 fully saturated rings. The highest BCUT2D eigenvalue weighted by Gasteiger charge is 2.24. The van der Waals surface area contributed by atoms with E-state index < -0.39 is 0 Å². The van der Waals surface area contributed by atoms with Gasteiger partial charge >= 0.3 is 0 Å². The Morgan fingerprint density at radius 1 is 1.28 bits per heavy atom. The van der Waals surface area contributed by atoms with Crippen molar-refractivity contribution in [2.75, 3.05) is 13.2 Å². The number of nitrogens with one attached hydrogen (secondary N) is 1. The second-order valence-corrected chi connectivity index (χ2v) is 5.66. The molecule has 0 bridgehead atoms. The molecule has 18 heavy (non-hydrogen) atoms. The fourth-order valence-electron chi connectivity index (χ4n) is 2.57. The topological polar surface area (TPSA) is 21.3 Å². The van der Waals surface area contributed by atoms with Crippen LogP contribution in [0.1, 0.15) is 32.3 Å². The van der Waals surface area contributed by atoms with Crippen LogP contribution in [0.2, 0.25) is 0 Å². The maximum atomic E-state index is 5.81. The Morgan fingerprint density at radius 2 is 2.06 bits per heavy atom. The molecule has 1 heterocycles. The molecule has 1 aromatic rings. The molecular weight excluding hydrogens is 222 g/mol. The zero-order valence-corrected chi connectivity index (χ0v) is 11.6. The molecular formula is C16H25NO. The van der Waals surface area contributed by atoms with Crippen LogP contribution < -0.4 is 5.32 Å². The summed E-state index contributed by atoms with van der Waals surface area (Å²) in [6, 6.07) is 10.6. The van der Waals surface area contributed by atoms with Crippen molar-refractivity contribution in [2.45, 2.75) is 39.3 Å². The van der Waals surface area contributed by atoms with E-state index >= 15 is 0 Å². The van der Waals surface area contributed by atoms with Gasteiger partial charge < -0.3 is 10.1 Å². The summed E-state index contributed by atoms with van der Waals surface area (Å²) in [5, 5.41) is 3.58. The second kappa shape index (κ2) is 6.91. The van der Waals surface area contributed by atoms with E-state index in [2.05, 4.69) is 49.5 Å². The molecule has 0 unspecified atom stereocenters. The lowest BCUT2D eigenvalue weighted by Crippen LogP contribution is -2.34. The quantitative estimate of drug-likeness (QED) is 0.862. The molecule has 1 N–H and O–H groups in total. The van der Waals surface area contributed by atoms with Crippen molar-refractivity contribution in [3.63, 3.8) is 0 Å². The lowest BCUT2D eigenvalue weighted by molar-refractivity contribution is -0.0336. The van der Waals surface area contributed by atoms with Crippen molar-refractivity contribution in [1.82, 2.24) is 5.32 Å². The zero-order chi connectivity index (χ0) is 12.8. The first-order valence-corrected chi connectivity index (χ1v) is 7.12. The highest BCUT2D eigenvalue weighted by molar-refractivity contribution is 5.14. The number of rotatable bonds is 5. The average Bonchev–Trinajstić information content (AvgIpc) is 2.40. The number of ether oxygens (including phenoxy) is 1. The van der Waals surface area contributed by atoms with Crippen LogP contribution in [-0.4, -0.2) is 19.3 Å². The predicted molar refractivity (Wildman–Crippen MR) is 75.5 cm³/mol. The van der Waals surface area contributed by atoms with E-state index in [1.165, 1.54) is 18.4 Å². The molecule has 2 heteroatoms. The lowest BCUT2D eigenvalue weighted by Gasteiger charge is -2.32. The van der Waals surface area contributed by atoms with Gasteiger partial charge in [-0.2, -0.15) is 0 Å². The molecule has 100 valence electrons. The highest BCUT2D eigenvalue weighted by Crippen LogP contribution is 2.24. The van der Waals surface area contributed by atoms with E-state index in [1.54, 1.807) is 0 Å². The molecule has 1 aromatic carbocycles. The Hall–Kier alpha value is -0.860. The van der Waals surface area contributed by atoms with Crippen LogP contribution in [0.4, 0.5) is 0 Å². The Labute approximate surface area is 111 Å². The summed E-state index contributed by atoms with van der Waals surface area (Å²) in [5.74, 6) is 1.41. The molecule has 2 atom stereocenters. The smallest absolute Gasteiger partial charge is 0.0601 e. The number of benzene rings is 1. The number of hydrogen-bond donors (Lipinski definition) is 1. The van der Waals surface area contributed by atoms with E-state index in [0.29, 0.717) is 12.0 Å². The summed E-state index contributed by atoms with van der Waals surface area (Å²) in [6.07, 6.45) is 2.87. The van der Waals surface area contributed by atoms with Gasteiger partial charge in [0.1, 0.15) is 0 Å². The molecule has 0 spiro atoms. The monoisotopic (exact) mass is 247 g/mol. The van der Waals surface area contributed by atoms with E-state index in [-0.39, 0.29) is 0 Å². The molecule has 0 amide bonds. The van der Waals surface area contributed by atoms with Crippen LogP contribution in [0.25, 0.3) is 0 Å². The van der Waals surface area contributed by atoms with Crippen LogP contribution in [0, 0.1) is 11.8 Å². The summed E-state index contributed by atoms with van der Waals surface area (Å²) in [4.78, 5) is 0. The Kier molecular flexibility index (Phi) is 5.21. The van der Waals surface area contributed by atoms with Crippen molar-refractivity contribution in [1.29, 1.82) is 0 Å². The first kappa shape index (κ1) is 13.6. The van der Waals surface area contributed by atoms with Crippen LogP contribution in [0.5, 0.6) is 0 Å². The van der Waals surface area contributed by atoms with E-state index in [4.69, 9.17) is 4.74 Å². The molecule has 1 saturated heterocycles. The van der Waals surface area contributed by atoms with Gasteiger partial charge in [0.25, 0.3) is 0 Å². The van der Waals surface area contributed by atoms with Crippen molar-refractivity contribution >= 4 is 0 Å². The minimum absolute atomic E-state index is 0.460. The summed E-state index contributed by atoms with van der Waals surface area (Å²) < 4.78 is 5.81. The van der Waals surface area contributed by atoms with Crippen molar-refractivity contribution in [3.05, 3.63) is 35.9 Å². The third kappa shape index (κ3) is 4.11. The third-order valence-corrected chi connectivity index (χ3v) is 3.77. The van der Waals surface area contributed by atoms with Gasteiger partial charge in [0, 0.05) is 13.2 Å². The summed E-state index contributed by atoms with van der Waals surface area (Å²) in [7, 11) is 0. The maximum absolute atomic E-state index is 5.81. The predicted octanol–water partition coefficient (Wildman–Crippen LogP) is 3.23. The minimum Gasteiger partial charge on any atom is -0.378 e. The van der Waals surface area contributed by atoms with Gasteiger partial charge in [-0.25, -0.2) is 0 Å². The van der Waals surface area contributed by atoms with Crippen molar-refractivity contribution < 1.29 is 4.74 Å². The van der Waals surface area contributed by atoms with Crippen LogP contribution in [0.15, 0.2) is 30.3 Å². The molecule has 0 radical (unpaired) electrons. The van der Waals surface area contributed by atoms with Crippen LogP contribution in [-0.2, 0) is 11.3 Å². The van der Waals surface area contributed by atoms with Gasteiger partial charge in [-0.05, 0) is 36.8 Å². The SMILES string of the molecule is CC(C)[C@H]1C[C@H](CNCc2ccccc2)CCO1. The largest absolute Gasteiger partial charge is 0.378 e. The number of hydrogen-bond acceptors (Lipinski definition) is 2. The highest BCUT2D eigenvalue weighted by atomic mass is 16.5. The summed E-state index contributed by atoms with van der Waals surface area (Å²) in [6.45, 7) is 7.53. The Bertz CT molecular complexity index is 336. The molecule has 0 aromatic heterocycles. The van der Waals surface area contributed by atoms with Gasteiger partial charge in [0.15, 0.2) is 0 Å².